The molecule has 0 unspecified atom stereocenters. The van der Waals surface area contributed by atoms with E-state index in [9.17, 15) is 69.6 Å². The predicted octanol–water partition coefficient (Wildman–Crippen LogP) is 2.50. The molecule has 3 rings (SSSR count). The van der Waals surface area contributed by atoms with Gasteiger partial charge in [0.1, 0.15) is 5.41 Å². The molecule has 0 aliphatic carbocycles. The fourth-order valence-corrected chi connectivity index (χ4v) is 6.24. The smallest absolute Gasteiger partial charge is 0.368 e. The maximum Gasteiger partial charge on any atom is 0.416 e. The zero-order valence-electron chi connectivity index (χ0n) is 22.0. The third-order valence-corrected chi connectivity index (χ3v) is 9.19. The Balaban J connectivity index is 2.88. The number of halogens is 9. The highest BCUT2D eigenvalue weighted by atomic mass is 32.2. The summed E-state index contributed by atoms with van der Waals surface area (Å²) in [5.74, 6) is -2.39. The molecule has 11 nitrogen and oxygen atoms in total. The molecule has 46 heavy (non-hydrogen) atoms. The lowest BCUT2D eigenvalue weighted by molar-refractivity contribution is -0.140. The minimum absolute atomic E-state index is 0.0226. The Hall–Kier alpha value is -3.77. The van der Waals surface area contributed by atoms with Crippen molar-refractivity contribution in [3.05, 3.63) is 88.0 Å². The van der Waals surface area contributed by atoms with Gasteiger partial charge in [-0.3, -0.25) is 4.79 Å². The Morgan fingerprint density at radius 2 is 0.674 bits per heavy atom. The van der Waals surface area contributed by atoms with Gasteiger partial charge in [0.05, 0.1) is 31.4 Å². The zero-order valence-corrected chi connectivity index (χ0v) is 24.4. The molecule has 3 aromatic rings. The van der Waals surface area contributed by atoms with Gasteiger partial charge in [-0.05, 0) is 53.1 Å². The van der Waals surface area contributed by atoms with Gasteiger partial charge in [0, 0.05) is 0 Å². The predicted molar refractivity (Wildman–Crippen MR) is 138 cm³/mol. The summed E-state index contributed by atoms with van der Waals surface area (Å²) < 4.78 is 202. The van der Waals surface area contributed by atoms with Gasteiger partial charge in [0.25, 0.3) is 0 Å². The maximum atomic E-state index is 14.5. The van der Waals surface area contributed by atoms with Crippen molar-refractivity contribution < 1.29 is 69.6 Å². The first-order valence-corrected chi connectivity index (χ1v) is 16.1. The third-order valence-electron chi connectivity index (χ3n) is 6.46. The van der Waals surface area contributed by atoms with E-state index in [4.69, 9.17) is 21.2 Å². The first-order chi connectivity index (χ1) is 20.4. The lowest BCUT2D eigenvalue weighted by Crippen LogP contribution is -2.47. The van der Waals surface area contributed by atoms with Gasteiger partial charge >= 0.3 is 18.5 Å². The van der Waals surface area contributed by atoms with Crippen LogP contribution in [-0.4, -0.2) is 31.2 Å². The summed E-state index contributed by atoms with van der Waals surface area (Å²) in [6.07, 6.45) is -17.6. The van der Waals surface area contributed by atoms with Gasteiger partial charge in [0.2, 0.25) is 36.0 Å². The Labute approximate surface area is 253 Å². The number of sulfonamides is 3. The van der Waals surface area contributed by atoms with Gasteiger partial charge in [0.15, 0.2) is 0 Å². The minimum Gasteiger partial charge on any atom is -0.368 e. The number of amides is 1. The van der Waals surface area contributed by atoms with E-state index in [1.165, 1.54) is 0 Å². The van der Waals surface area contributed by atoms with E-state index in [-0.39, 0.29) is 54.6 Å². The van der Waals surface area contributed by atoms with Crippen LogP contribution in [0.1, 0.15) is 33.4 Å². The number of hydrogen-bond acceptors (Lipinski definition) is 7. The number of carbonyl (C=O) groups excluding carboxylic acids is 1. The molecule has 23 heteroatoms. The normalized spacial score (nSPS) is 13.9. The molecule has 0 fully saturated rings. The van der Waals surface area contributed by atoms with E-state index < -0.39 is 108 Å². The van der Waals surface area contributed by atoms with Crippen LogP contribution >= 0.6 is 0 Å². The van der Waals surface area contributed by atoms with Crippen molar-refractivity contribution in [1.29, 1.82) is 0 Å². The molecule has 0 saturated carbocycles. The van der Waals surface area contributed by atoms with Crippen LogP contribution in [0.3, 0.4) is 0 Å². The summed E-state index contributed by atoms with van der Waals surface area (Å²) in [6, 6.07) is -0.153. The van der Waals surface area contributed by atoms with Crippen LogP contribution in [-0.2, 0) is 58.8 Å². The summed E-state index contributed by atoms with van der Waals surface area (Å²) in [4.78, 5) is 9.32. The Morgan fingerprint density at radius 3 is 0.826 bits per heavy atom. The third kappa shape index (κ3) is 6.83. The molecule has 3 aromatic carbocycles. The Morgan fingerprint density at radius 1 is 0.457 bits per heavy atom. The molecule has 0 radical (unpaired) electrons. The maximum absolute atomic E-state index is 14.5. The molecule has 0 saturated heterocycles. The molecule has 0 spiro atoms. The average molecular weight is 729 g/mol. The second-order valence-electron chi connectivity index (χ2n) is 9.36. The van der Waals surface area contributed by atoms with Crippen LogP contribution in [0.15, 0.2) is 69.3 Å². The number of rotatable bonds is 7. The fourth-order valence-electron chi connectivity index (χ4n) is 4.62. The van der Waals surface area contributed by atoms with Gasteiger partial charge < -0.3 is 5.73 Å². The number of primary sulfonamides is 3. The van der Waals surface area contributed by atoms with E-state index in [1.54, 1.807) is 0 Å². The Kier molecular flexibility index (Phi) is 8.92. The standard InChI is InChI=1S/C23H17F9N4O7S3/c24-21(25,26)16-7-10(44(34,38)39)1-4-13(16)20(19(33)37,14-5-2-11(45(35,40)41)8-17(14)22(27,28)29)15-6-3-12(46(36,42)43)9-18(15)23(30,31)32/h1-9H,(H2,33,37)(H2,34,38,39)(H2,35,40,41)(H2,36,42,43). The molecule has 0 aliphatic rings. The van der Waals surface area contributed by atoms with Crippen molar-refractivity contribution in [3.63, 3.8) is 0 Å². The molecule has 0 aliphatic heterocycles. The van der Waals surface area contributed by atoms with Crippen molar-refractivity contribution in [3.8, 4) is 0 Å². The lowest BCUT2D eigenvalue weighted by Gasteiger charge is -2.38. The van der Waals surface area contributed by atoms with Crippen molar-refractivity contribution >= 4 is 36.0 Å². The monoisotopic (exact) mass is 728 g/mol. The van der Waals surface area contributed by atoms with Crippen molar-refractivity contribution in [2.45, 2.75) is 38.6 Å². The van der Waals surface area contributed by atoms with E-state index in [1.807, 2.05) is 0 Å². The highest BCUT2D eigenvalue weighted by Gasteiger charge is 2.55. The quantitative estimate of drug-likeness (QED) is 0.210. The second-order valence-corrected chi connectivity index (χ2v) is 14.0. The highest BCUT2D eigenvalue weighted by molar-refractivity contribution is 7.89. The molecule has 0 aromatic heterocycles. The van der Waals surface area contributed by atoms with Gasteiger partial charge in [-0.1, -0.05) is 18.2 Å². The summed E-state index contributed by atoms with van der Waals surface area (Å²) in [7, 11) is -15.1. The highest BCUT2D eigenvalue weighted by Crippen LogP contribution is 2.52. The minimum atomic E-state index is -5.87. The average Bonchev–Trinajstić information content (AvgIpc) is 2.85. The summed E-state index contributed by atoms with van der Waals surface area (Å²) >= 11 is 0. The second kappa shape index (κ2) is 11.2. The first-order valence-electron chi connectivity index (χ1n) is 11.5. The van der Waals surface area contributed by atoms with E-state index in [2.05, 4.69) is 0 Å². The van der Waals surface area contributed by atoms with E-state index >= 15 is 0 Å². The number of hydrogen-bond donors (Lipinski definition) is 4. The largest absolute Gasteiger partial charge is 0.416 e. The lowest BCUT2D eigenvalue weighted by atomic mass is 9.64. The van der Waals surface area contributed by atoms with E-state index in [0.29, 0.717) is 0 Å². The molecule has 0 atom stereocenters. The summed E-state index contributed by atoms with van der Waals surface area (Å²) in [5.41, 5.74) is -11.2. The SMILES string of the molecule is NC(=O)C(c1ccc(S(N)(=O)=O)cc1C(F)(F)F)(c1ccc(S(N)(=O)=O)cc1C(F)(F)F)c1ccc(S(N)(=O)=O)cc1C(F)(F)F. The fraction of sp³-hybridized carbons (Fsp3) is 0.174. The zero-order chi connectivity index (χ0) is 35.6. The van der Waals surface area contributed by atoms with E-state index in [0.717, 1.165) is 0 Å². The van der Waals surface area contributed by atoms with Crippen LogP contribution in [0.5, 0.6) is 0 Å². The first kappa shape index (κ1) is 36.7. The van der Waals surface area contributed by atoms with Crippen molar-refractivity contribution in [2.24, 2.45) is 21.2 Å². The van der Waals surface area contributed by atoms with Gasteiger partial charge in [-0.25, -0.2) is 40.7 Å². The van der Waals surface area contributed by atoms with Crippen LogP contribution in [0.25, 0.3) is 0 Å². The number of primary amides is 1. The number of benzene rings is 3. The van der Waals surface area contributed by atoms with Crippen LogP contribution in [0.2, 0.25) is 0 Å². The topological polar surface area (TPSA) is 224 Å². The van der Waals surface area contributed by atoms with Crippen LogP contribution in [0, 0.1) is 0 Å². The molecule has 1 amide bonds. The van der Waals surface area contributed by atoms with Crippen molar-refractivity contribution in [1.82, 2.24) is 0 Å². The van der Waals surface area contributed by atoms with Crippen molar-refractivity contribution in [2.75, 3.05) is 0 Å². The molecular formula is C23H17F9N4O7S3. The van der Waals surface area contributed by atoms with Gasteiger partial charge in [-0.15, -0.1) is 0 Å². The number of alkyl halides is 9. The van der Waals surface area contributed by atoms with Gasteiger partial charge in [-0.2, -0.15) is 39.5 Å². The van der Waals surface area contributed by atoms with Crippen LogP contribution in [0.4, 0.5) is 39.5 Å². The number of carbonyl (C=O) groups is 1. The molecule has 0 bridgehead atoms. The Bertz CT molecular complexity index is 1850. The molecule has 252 valence electrons. The number of nitrogens with two attached hydrogens (primary N) is 4. The summed E-state index contributed by atoms with van der Waals surface area (Å²) in [5, 5.41) is 14.6. The molecular weight excluding hydrogens is 711 g/mol. The summed E-state index contributed by atoms with van der Waals surface area (Å²) in [6.45, 7) is 0. The molecule has 0 heterocycles. The van der Waals surface area contributed by atoms with Crippen LogP contribution < -0.4 is 21.2 Å². The molecule has 8 N–H and O–H groups in total.